The van der Waals surface area contributed by atoms with E-state index >= 15 is 0 Å². The number of nitrogens with one attached hydrogen (secondary N) is 1. The van der Waals surface area contributed by atoms with Crippen molar-refractivity contribution < 1.29 is 9.13 Å². The third kappa shape index (κ3) is 3.58. The number of hydrogen-bond acceptors (Lipinski definition) is 2. The minimum atomic E-state index is -0.238. The number of hydrogen-bond donors (Lipinski definition) is 1. The summed E-state index contributed by atoms with van der Waals surface area (Å²) in [7, 11) is 3.68. The molecule has 2 rings (SSSR count). The van der Waals surface area contributed by atoms with Crippen molar-refractivity contribution in [2.24, 2.45) is 5.92 Å². The Kier molecular flexibility index (Phi) is 5.64. The standard InChI is InChI=1S/C17H25ClFNO/c1-12-7-9-17(21-3,10-8-12)16(20-2)11-13-14(18)5-4-6-15(13)19/h4-6,12,16,20H,7-11H2,1-3H3. The molecule has 1 aliphatic rings. The number of halogens is 2. The highest BCUT2D eigenvalue weighted by Crippen LogP contribution is 2.38. The summed E-state index contributed by atoms with van der Waals surface area (Å²) in [5.74, 6) is 0.501. The van der Waals surface area contributed by atoms with Crippen LogP contribution in [-0.4, -0.2) is 25.8 Å². The summed E-state index contributed by atoms with van der Waals surface area (Å²) in [5, 5.41) is 3.82. The third-order valence-corrected chi connectivity index (χ3v) is 5.33. The minimum absolute atomic E-state index is 0.0596. The SMILES string of the molecule is CNC(Cc1c(F)cccc1Cl)C1(OC)CCC(C)CC1. The molecule has 118 valence electrons. The molecule has 1 fully saturated rings. The Labute approximate surface area is 132 Å². The van der Waals surface area contributed by atoms with Crippen LogP contribution in [0.3, 0.4) is 0 Å². The monoisotopic (exact) mass is 313 g/mol. The molecule has 1 aromatic carbocycles. The van der Waals surface area contributed by atoms with Gasteiger partial charge in [-0.3, -0.25) is 0 Å². The Bertz CT molecular complexity index is 452. The average molecular weight is 314 g/mol. The van der Waals surface area contributed by atoms with Crippen LogP contribution in [0.25, 0.3) is 0 Å². The van der Waals surface area contributed by atoms with Gasteiger partial charge in [-0.2, -0.15) is 0 Å². The molecule has 0 heterocycles. The lowest BCUT2D eigenvalue weighted by Gasteiger charge is -2.44. The van der Waals surface area contributed by atoms with E-state index in [1.54, 1.807) is 19.2 Å². The predicted molar refractivity (Wildman–Crippen MR) is 85.3 cm³/mol. The number of ether oxygens (including phenoxy) is 1. The lowest BCUT2D eigenvalue weighted by molar-refractivity contribution is -0.0731. The van der Waals surface area contributed by atoms with E-state index in [1.165, 1.54) is 6.07 Å². The fraction of sp³-hybridized carbons (Fsp3) is 0.647. The van der Waals surface area contributed by atoms with E-state index in [0.717, 1.165) is 31.6 Å². The molecule has 0 spiro atoms. The number of rotatable bonds is 5. The van der Waals surface area contributed by atoms with Gasteiger partial charge < -0.3 is 10.1 Å². The first-order chi connectivity index (χ1) is 10.0. The predicted octanol–water partition coefficient (Wildman–Crippen LogP) is 4.20. The van der Waals surface area contributed by atoms with E-state index < -0.39 is 0 Å². The molecule has 1 unspecified atom stereocenters. The van der Waals surface area contributed by atoms with E-state index in [1.807, 2.05) is 7.05 Å². The molecule has 0 amide bonds. The Hall–Kier alpha value is -0.640. The van der Waals surface area contributed by atoms with Crippen LogP contribution in [0.2, 0.25) is 5.02 Å². The number of likely N-dealkylation sites (N-methyl/N-ethyl adjacent to an activating group) is 1. The number of benzene rings is 1. The zero-order valence-corrected chi connectivity index (χ0v) is 13.8. The lowest BCUT2D eigenvalue weighted by atomic mass is 9.74. The van der Waals surface area contributed by atoms with Crippen molar-refractivity contribution in [2.45, 2.75) is 50.7 Å². The van der Waals surface area contributed by atoms with Gasteiger partial charge >= 0.3 is 0 Å². The van der Waals surface area contributed by atoms with E-state index in [2.05, 4.69) is 12.2 Å². The normalized spacial score (nSPS) is 27.6. The van der Waals surface area contributed by atoms with Gasteiger partial charge in [0.05, 0.1) is 5.60 Å². The van der Waals surface area contributed by atoms with Crippen LogP contribution in [0.15, 0.2) is 18.2 Å². The van der Waals surface area contributed by atoms with E-state index in [0.29, 0.717) is 17.0 Å². The summed E-state index contributed by atoms with van der Waals surface area (Å²) in [6.07, 6.45) is 4.85. The van der Waals surface area contributed by atoms with Crippen LogP contribution in [0.5, 0.6) is 0 Å². The van der Waals surface area contributed by atoms with E-state index in [4.69, 9.17) is 16.3 Å². The van der Waals surface area contributed by atoms with Gasteiger partial charge in [0.15, 0.2) is 0 Å². The van der Waals surface area contributed by atoms with Gasteiger partial charge in [0.1, 0.15) is 5.82 Å². The highest BCUT2D eigenvalue weighted by molar-refractivity contribution is 6.31. The second kappa shape index (κ2) is 7.08. The zero-order valence-electron chi connectivity index (χ0n) is 13.1. The van der Waals surface area contributed by atoms with Crippen molar-refractivity contribution in [3.05, 3.63) is 34.6 Å². The maximum Gasteiger partial charge on any atom is 0.127 e. The van der Waals surface area contributed by atoms with Gasteiger partial charge in [0.2, 0.25) is 0 Å². The smallest absolute Gasteiger partial charge is 0.127 e. The van der Waals surface area contributed by atoms with Crippen LogP contribution < -0.4 is 5.32 Å². The molecule has 0 bridgehead atoms. The molecule has 0 radical (unpaired) electrons. The van der Waals surface area contributed by atoms with E-state index in [9.17, 15) is 4.39 Å². The summed E-state index contributed by atoms with van der Waals surface area (Å²) < 4.78 is 20.0. The molecule has 1 aliphatic carbocycles. The first-order valence-electron chi connectivity index (χ1n) is 7.67. The molecule has 1 aromatic rings. The van der Waals surface area contributed by atoms with Crippen molar-refractivity contribution in [2.75, 3.05) is 14.2 Å². The van der Waals surface area contributed by atoms with Crippen molar-refractivity contribution in [1.29, 1.82) is 0 Å². The average Bonchev–Trinajstić information content (AvgIpc) is 2.49. The Morgan fingerprint density at radius 2 is 2.10 bits per heavy atom. The van der Waals surface area contributed by atoms with Crippen molar-refractivity contribution in [3.63, 3.8) is 0 Å². The maximum absolute atomic E-state index is 14.1. The van der Waals surface area contributed by atoms with Crippen LogP contribution in [0.4, 0.5) is 4.39 Å². The van der Waals surface area contributed by atoms with Crippen molar-refractivity contribution >= 4 is 11.6 Å². The summed E-state index contributed by atoms with van der Waals surface area (Å²) in [4.78, 5) is 0. The molecular weight excluding hydrogens is 289 g/mol. The van der Waals surface area contributed by atoms with Crippen LogP contribution in [-0.2, 0) is 11.2 Å². The molecule has 2 nitrogen and oxygen atoms in total. The quantitative estimate of drug-likeness (QED) is 0.879. The maximum atomic E-state index is 14.1. The van der Waals surface area contributed by atoms with Gasteiger partial charge in [-0.25, -0.2) is 4.39 Å². The largest absolute Gasteiger partial charge is 0.377 e. The molecule has 0 saturated heterocycles. The first kappa shape index (κ1) is 16.7. The van der Waals surface area contributed by atoms with Gasteiger partial charge in [-0.15, -0.1) is 0 Å². The molecular formula is C17H25ClFNO. The minimum Gasteiger partial charge on any atom is -0.377 e. The van der Waals surface area contributed by atoms with Crippen molar-refractivity contribution in [1.82, 2.24) is 5.32 Å². The van der Waals surface area contributed by atoms with E-state index in [-0.39, 0.29) is 17.5 Å². The molecule has 1 N–H and O–H groups in total. The van der Waals surface area contributed by atoms with Gasteiger partial charge in [-0.1, -0.05) is 24.6 Å². The van der Waals surface area contributed by atoms with Gasteiger partial charge in [0, 0.05) is 23.7 Å². The zero-order chi connectivity index (χ0) is 15.5. The van der Waals surface area contributed by atoms with Crippen LogP contribution >= 0.6 is 11.6 Å². The summed E-state index contributed by atoms with van der Waals surface area (Å²) in [5.41, 5.74) is 0.348. The van der Waals surface area contributed by atoms with Crippen LogP contribution in [0, 0.1) is 11.7 Å². The van der Waals surface area contributed by atoms with Gasteiger partial charge in [0.25, 0.3) is 0 Å². The fourth-order valence-electron chi connectivity index (χ4n) is 3.43. The fourth-order valence-corrected chi connectivity index (χ4v) is 3.67. The Morgan fingerprint density at radius 3 is 2.62 bits per heavy atom. The van der Waals surface area contributed by atoms with Crippen molar-refractivity contribution in [3.8, 4) is 0 Å². The summed E-state index contributed by atoms with van der Waals surface area (Å²) in [6, 6.07) is 4.92. The summed E-state index contributed by atoms with van der Waals surface area (Å²) in [6.45, 7) is 2.28. The molecule has 1 atom stereocenters. The summed E-state index contributed by atoms with van der Waals surface area (Å²) >= 11 is 6.17. The topological polar surface area (TPSA) is 21.3 Å². The molecule has 21 heavy (non-hydrogen) atoms. The Morgan fingerprint density at radius 1 is 1.43 bits per heavy atom. The second-order valence-corrected chi connectivity index (χ2v) is 6.60. The first-order valence-corrected chi connectivity index (χ1v) is 8.05. The molecule has 0 aliphatic heterocycles. The third-order valence-electron chi connectivity index (χ3n) is 4.98. The molecule has 4 heteroatoms. The van der Waals surface area contributed by atoms with Gasteiger partial charge in [-0.05, 0) is 57.2 Å². The lowest BCUT2D eigenvalue weighted by Crippen LogP contribution is -2.54. The highest BCUT2D eigenvalue weighted by Gasteiger charge is 2.41. The Balaban J connectivity index is 2.22. The molecule has 1 saturated carbocycles. The number of methoxy groups -OCH3 is 1. The van der Waals surface area contributed by atoms with Crippen LogP contribution in [0.1, 0.15) is 38.2 Å². The second-order valence-electron chi connectivity index (χ2n) is 6.20. The highest BCUT2D eigenvalue weighted by atomic mass is 35.5. The molecule has 0 aromatic heterocycles.